The molecular weight excluding hydrogens is 172 g/mol. The van der Waals surface area contributed by atoms with Crippen LogP contribution in [0.3, 0.4) is 0 Å². The van der Waals surface area contributed by atoms with Crippen molar-refractivity contribution in [1.29, 1.82) is 0 Å². The van der Waals surface area contributed by atoms with E-state index in [0.717, 1.165) is 17.3 Å². The molecular formula is C9H15O2S+. The number of carbonyl (C=O) groups is 2. The molecule has 3 heteroatoms. The minimum atomic E-state index is 0.234. The Kier molecular flexibility index (Phi) is 3.79. The molecule has 68 valence electrons. The molecule has 1 aliphatic heterocycles. The lowest BCUT2D eigenvalue weighted by molar-refractivity contribution is -0.119. The van der Waals surface area contributed by atoms with Crippen LogP contribution in [-0.4, -0.2) is 28.8 Å². The van der Waals surface area contributed by atoms with Crippen molar-refractivity contribution in [2.75, 3.05) is 17.3 Å². The Balaban J connectivity index is 2.26. The van der Waals surface area contributed by atoms with Crippen LogP contribution in [-0.2, 0) is 20.5 Å². The Hall–Kier alpha value is -0.310. The van der Waals surface area contributed by atoms with Crippen molar-refractivity contribution in [3.63, 3.8) is 0 Å². The number of hydrogen-bond donors (Lipinski definition) is 0. The number of carbonyl (C=O) groups excluding carboxylic acids is 2. The largest absolute Gasteiger partial charge is 0.299 e. The smallest absolute Gasteiger partial charge is 0.181 e. The first-order valence-electron chi connectivity index (χ1n) is 4.40. The van der Waals surface area contributed by atoms with Crippen LogP contribution in [0.5, 0.6) is 0 Å². The third-order valence-electron chi connectivity index (χ3n) is 2.10. The molecule has 0 aliphatic carbocycles. The fraction of sp³-hybridized carbons (Fsp3) is 0.778. The molecule has 0 unspecified atom stereocenters. The van der Waals surface area contributed by atoms with Crippen LogP contribution < -0.4 is 0 Å². The summed E-state index contributed by atoms with van der Waals surface area (Å²) in [6.07, 6.45) is 2.07. The molecule has 0 amide bonds. The van der Waals surface area contributed by atoms with E-state index in [9.17, 15) is 9.59 Å². The molecule has 0 atom stereocenters. The molecule has 1 heterocycles. The lowest BCUT2D eigenvalue weighted by atomic mass is 10.2. The number of Topliss-reactive ketones (excluding diaryl/α,β-unsaturated/α-hetero) is 2. The van der Waals surface area contributed by atoms with Gasteiger partial charge in [-0.25, -0.2) is 0 Å². The Labute approximate surface area is 76.1 Å². The highest BCUT2D eigenvalue weighted by atomic mass is 32.2. The van der Waals surface area contributed by atoms with E-state index in [2.05, 4.69) is 0 Å². The average Bonchev–Trinajstić information content (AvgIpc) is 2.09. The first-order chi connectivity index (χ1) is 5.72. The van der Waals surface area contributed by atoms with Gasteiger partial charge in [0, 0.05) is 6.42 Å². The predicted octanol–water partition coefficient (Wildman–Crippen LogP) is 0.947. The highest BCUT2D eigenvalue weighted by molar-refractivity contribution is 7.97. The fourth-order valence-corrected chi connectivity index (χ4v) is 3.40. The van der Waals surface area contributed by atoms with Crippen molar-refractivity contribution in [2.24, 2.45) is 0 Å². The standard InChI is InChI=1S/C9H15O2S/c1-2-8(10)7-12-5-3-9(11)4-6-12/h2-7H2,1H3/q+1. The summed E-state index contributed by atoms with van der Waals surface area (Å²) < 4.78 is 0. The predicted molar refractivity (Wildman–Crippen MR) is 51.5 cm³/mol. The van der Waals surface area contributed by atoms with Gasteiger partial charge in [0.05, 0.1) is 12.8 Å². The summed E-state index contributed by atoms with van der Waals surface area (Å²) in [6.45, 7) is 1.90. The van der Waals surface area contributed by atoms with Gasteiger partial charge in [0.2, 0.25) is 0 Å². The first-order valence-corrected chi connectivity index (χ1v) is 6.13. The van der Waals surface area contributed by atoms with Gasteiger partial charge in [-0.1, -0.05) is 6.92 Å². The van der Waals surface area contributed by atoms with E-state index in [1.807, 2.05) is 6.92 Å². The van der Waals surface area contributed by atoms with Crippen LogP contribution in [0, 0.1) is 0 Å². The van der Waals surface area contributed by atoms with Crippen molar-refractivity contribution >= 4 is 22.5 Å². The third-order valence-corrected chi connectivity index (χ3v) is 4.39. The maximum absolute atomic E-state index is 11.1. The van der Waals surface area contributed by atoms with Crippen LogP contribution in [0.4, 0.5) is 0 Å². The van der Waals surface area contributed by atoms with Crippen molar-refractivity contribution in [3.8, 4) is 0 Å². The Bertz CT molecular complexity index is 179. The molecule has 1 saturated heterocycles. The summed E-state index contributed by atoms with van der Waals surface area (Å²) >= 11 is 0. The minimum Gasteiger partial charge on any atom is -0.299 e. The minimum absolute atomic E-state index is 0.234. The lowest BCUT2D eigenvalue weighted by Gasteiger charge is -2.11. The van der Waals surface area contributed by atoms with Gasteiger partial charge in [0.25, 0.3) is 0 Å². The second-order valence-corrected chi connectivity index (χ2v) is 5.43. The molecule has 0 saturated carbocycles. The van der Waals surface area contributed by atoms with E-state index < -0.39 is 0 Å². The second kappa shape index (κ2) is 4.65. The molecule has 0 aromatic rings. The van der Waals surface area contributed by atoms with Gasteiger partial charge in [-0.2, -0.15) is 0 Å². The molecule has 1 aliphatic rings. The first kappa shape index (κ1) is 9.78. The fourth-order valence-electron chi connectivity index (χ4n) is 1.22. The van der Waals surface area contributed by atoms with Crippen LogP contribution in [0.1, 0.15) is 26.2 Å². The monoisotopic (exact) mass is 187 g/mol. The van der Waals surface area contributed by atoms with E-state index >= 15 is 0 Å². The summed E-state index contributed by atoms with van der Waals surface area (Å²) in [5.41, 5.74) is 0. The molecule has 1 rings (SSSR count). The highest BCUT2D eigenvalue weighted by Crippen LogP contribution is 2.11. The number of ketones is 2. The normalized spacial score (nSPS) is 19.6. The van der Waals surface area contributed by atoms with Crippen LogP contribution in [0.2, 0.25) is 0 Å². The summed E-state index contributed by atoms with van der Waals surface area (Å²) in [5, 5.41) is 0. The van der Waals surface area contributed by atoms with Crippen molar-refractivity contribution < 1.29 is 9.59 Å². The summed E-state index contributed by atoms with van der Waals surface area (Å²) in [4.78, 5) is 22.0. The molecule has 2 nitrogen and oxygen atoms in total. The Morgan fingerprint density at radius 2 is 2.00 bits per heavy atom. The average molecular weight is 187 g/mol. The van der Waals surface area contributed by atoms with Gasteiger partial charge in [-0.05, 0) is 10.9 Å². The highest BCUT2D eigenvalue weighted by Gasteiger charge is 2.27. The van der Waals surface area contributed by atoms with Gasteiger partial charge in [-0.3, -0.25) is 9.59 Å². The van der Waals surface area contributed by atoms with Crippen LogP contribution in [0.25, 0.3) is 0 Å². The number of hydrogen-bond acceptors (Lipinski definition) is 2. The molecule has 0 aromatic carbocycles. The van der Waals surface area contributed by atoms with Crippen LogP contribution >= 0.6 is 0 Å². The number of rotatable bonds is 3. The molecule has 0 aromatic heterocycles. The van der Waals surface area contributed by atoms with E-state index in [4.69, 9.17) is 0 Å². The van der Waals surface area contributed by atoms with Gasteiger partial charge < -0.3 is 0 Å². The van der Waals surface area contributed by atoms with Crippen molar-refractivity contribution in [2.45, 2.75) is 26.2 Å². The van der Waals surface area contributed by atoms with E-state index in [1.54, 1.807) is 0 Å². The van der Waals surface area contributed by atoms with Crippen molar-refractivity contribution in [3.05, 3.63) is 0 Å². The summed E-state index contributed by atoms with van der Waals surface area (Å²) in [5.74, 6) is 3.38. The topological polar surface area (TPSA) is 34.1 Å². The molecule has 0 bridgehead atoms. The third kappa shape index (κ3) is 2.97. The molecule has 12 heavy (non-hydrogen) atoms. The van der Waals surface area contributed by atoms with Gasteiger partial charge in [0.1, 0.15) is 17.3 Å². The maximum Gasteiger partial charge on any atom is 0.181 e. The quantitative estimate of drug-likeness (QED) is 0.616. The van der Waals surface area contributed by atoms with Gasteiger partial charge >= 0.3 is 0 Å². The van der Waals surface area contributed by atoms with Crippen LogP contribution in [0.15, 0.2) is 0 Å². The van der Waals surface area contributed by atoms with Crippen molar-refractivity contribution in [1.82, 2.24) is 0 Å². The SMILES string of the molecule is CCC(=O)C[S+]1CCC(=O)CC1. The van der Waals surface area contributed by atoms with Gasteiger partial charge in [0.15, 0.2) is 11.5 Å². The molecule has 0 spiro atoms. The zero-order valence-electron chi connectivity index (χ0n) is 7.47. The van der Waals surface area contributed by atoms with E-state index in [1.165, 1.54) is 0 Å². The van der Waals surface area contributed by atoms with Gasteiger partial charge in [-0.15, -0.1) is 0 Å². The molecule has 1 fully saturated rings. The lowest BCUT2D eigenvalue weighted by Crippen LogP contribution is -2.29. The summed E-state index contributed by atoms with van der Waals surface area (Å²) in [7, 11) is 0.234. The summed E-state index contributed by atoms with van der Waals surface area (Å²) in [6, 6.07) is 0. The zero-order valence-corrected chi connectivity index (χ0v) is 8.28. The second-order valence-electron chi connectivity index (χ2n) is 3.10. The molecule has 0 radical (unpaired) electrons. The maximum atomic E-state index is 11.1. The Morgan fingerprint density at radius 1 is 1.42 bits per heavy atom. The molecule has 0 N–H and O–H groups in total. The zero-order chi connectivity index (χ0) is 8.97. The van der Waals surface area contributed by atoms with E-state index in [0.29, 0.717) is 30.8 Å². The van der Waals surface area contributed by atoms with E-state index in [-0.39, 0.29) is 10.9 Å². The Morgan fingerprint density at radius 3 is 2.50 bits per heavy atom.